The van der Waals surface area contributed by atoms with Gasteiger partial charge in [-0.1, -0.05) is 6.92 Å². The van der Waals surface area contributed by atoms with E-state index in [1.54, 1.807) is 12.1 Å². The second-order valence-corrected chi connectivity index (χ2v) is 4.60. The molecule has 0 aliphatic heterocycles. The van der Waals surface area contributed by atoms with Crippen molar-refractivity contribution in [2.45, 2.75) is 23.1 Å². The highest BCUT2D eigenvalue weighted by molar-refractivity contribution is 7.80. The molecule has 0 radical (unpaired) electrons. The summed E-state index contributed by atoms with van der Waals surface area (Å²) in [5.74, 6) is 0. The predicted octanol–water partition coefficient (Wildman–Crippen LogP) is 1.41. The van der Waals surface area contributed by atoms with Crippen molar-refractivity contribution in [3.8, 4) is 0 Å². The van der Waals surface area contributed by atoms with Gasteiger partial charge in [-0.25, -0.2) is 8.42 Å². The highest BCUT2D eigenvalue weighted by Gasteiger charge is 2.07. The van der Waals surface area contributed by atoms with Gasteiger partial charge in [-0.15, -0.1) is 0 Å². The van der Waals surface area contributed by atoms with Crippen LogP contribution in [0.3, 0.4) is 0 Å². The molecule has 78 valence electrons. The molecular formula is C8H10O4S2. The molecule has 0 spiro atoms. The molecule has 0 aliphatic carbocycles. The van der Waals surface area contributed by atoms with Gasteiger partial charge in [0.25, 0.3) is 0 Å². The van der Waals surface area contributed by atoms with Gasteiger partial charge in [0, 0.05) is 0 Å². The lowest BCUT2D eigenvalue weighted by atomic mass is 10.2. The lowest BCUT2D eigenvalue weighted by Crippen LogP contribution is -1.96. The fourth-order valence-corrected chi connectivity index (χ4v) is 2.07. The minimum absolute atomic E-state index is 0.154. The number of aryl methyl sites for hydroxylation is 1. The van der Waals surface area contributed by atoms with Gasteiger partial charge in [-0.2, -0.15) is 0 Å². The van der Waals surface area contributed by atoms with Gasteiger partial charge >= 0.3 is 0 Å². The third kappa shape index (κ3) is 2.71. The van der Waals surface area contributed by atoms with Crippen LogP contribution in [0.25, 0.3) is 0 Å². The summed E-state index contributed by atoms with van der Waals surface area (Å²) < 4.78 is 39.2. The van der Waals surface area contributed by atoms with Crippen molar-refractivity contribution < 1.29 is 17.5 Å². The van der Waals surface area contributed by atoms with E-state index in [4.69, 9.17) is 9.11 Å². The van der Waals surface area contributed by atoms with Gasteiger partial charge < -0.3 is 9.11 Å². The van der Waals surface area contributed by atoms with Gasteiger partial charge in [0.05, 0.1) is 9.79 Å². The van der Waals surface area contributed by atoms with Gasteiger partial charge in [0.1, 0.15) is 0 Å². The maximum Gasteiger partial charge on any atom is 0.186 e. The number of hydrogen-bond acceptors (Lipinski definition) is 2. The fourth-order valence-electron chi connectivity index (χ4n) is 1.04. The fraction of sp³-hybridized carbons (Fsp3) is 0.250. The van der Waals surface area contributed by atoms with Crippen LogP contribution in [-0.4, -0.2) is 17.5 Å². The van der Waals surface area contributed by atoms with Gasteiger partial charge in [0.2, 0.25) is 0 Å². The molecule has 0 saturated heterocycles. The summed E-state index contributed by atoms with van der Waals surface area (Å²) in [5.41, 5.74) is 0.766. The Bertz CT molecular complexity index is 357. The minimum atomic E-state index is -2.11. The summed E-state index contributed by atoms with van der Waals surface area (Å²) in [6.45, 7) is 1.86. The molecule has 0 aromatic heterocycles. The third-order valence-corrected chi connectivity index (χ3v) is 3.03. The Morgan fingerprint density at radius 3 is 1.79 bits per heavy atom. The van der Waals surface area contributed by atoms with E-state index < -0.39 is 22.2 Å². The molecular weight excluding hydrogens is 224 g/mol. The normalized spacial score (nSPS) is 15.1. The molecule has 0 heterocycles. The lowest BCUT2D eigenvalue weighted by molar-refractivity contribution is 0.561. The van der Waals surface area contributed by atoms with E-state index in [0.717, 1.165) is 5.56 Å². The molecule has 2 N–H and O–H groups in total. The third-order valence-electron chi connectivity index (χ3n) is 1.75. The quantitative estimate of drug-likeness (QED) is 0.775. The van der Waals surface area contributed by atoms with Crippen LogP contribution in [0.1, 0.15) is 12.5 Å². The molecule has 6 heteroatoms. The lowest BCUT2D eigenvalue weighted by Gasteiger charge is -2.02. The van der Waals surface area contributed by atoms with E-state index in [1.165, 1.54) is 6.07 Å². The van der Waals surface area contributed by atoms with Crippen LogP contribution < -0.4 is 0 Å². The van der Waals surface area contributed by atoms with E-state index in [0.29, 0.717) is 6.42 Å². The minimum Gasteiger partial charge on any atom is -0.302 e. The van der Waals surface area contributed by atoms with Crippen molar-refractivity contribution in [3.05, 3.63) is 23.8 Å². The second-order valence-electron chi connectivity index (χ2n) is 2.66. The van der Waals surface area contributed by atoms with Crippen molar-refractivity contribution in [2.24, 2.45) is 0 Å². The summed E-state index contributed by atoms with van der Waals surface area (Å²) in [6, 6.07) is 4.35. The number of benzene rings is 1. The Morgan fingerprint density at radius 1 is 1.07 bits per heavy atom. The molecule has 14 heavy (non-hydrogen) atoms. The van der Waals surface area contributed by atoms with Crippen LogP contribution in [0, 0.1) is 0 Å². The second kappa shape index (κ2) is 4.79. The maximum atomic E-state index is 10.8. The molecule has 1 rings (SSSR count). The Labute approximate surface area is 86.9 Å². The first kappa shape index (κ1) is 11.5. The Kier molecular flexibility index (Phi) is 3.94. The molecule has 1 aromatic rings. The van der Waals surface area contributed by atoms with Gasteiger partial charge in [-0.3, -0.25) is 0 Å². The highest BCUT2D eigenvalue weighted by Crippen LogP contribution is 2.15. The average Bonchev–Trinajstić information content (AvgIpc) is 2.16. The van der Waals surface area contributed by atoms with Crippen LogP contribution in [0.15, 0.2) is 28.0 Å². The Balaban J connectivity index is 3.27. The van der Waals surface area contributed by atoms with Crippen molar-refractivity contribution in [1.82, 2.24) is 0 Å². The first-order chi connectivity index (χ1) is 6.54. The van der Waals surface area contributed by atoms with Crippen LogP contribution >= 0.6 is 0 Å². The molecule has 1 aromatic carbocycles. The Hall–Kier alpha value is -0.560. The number of rotatable bonds is 3. The van der Waals surface area contributed by atoms with Crippen molar-refractivity contribution >= 4 is 22.2 Å². The molecule has 0 fully saturated rings. The van der Waals surface area contributed by atoms with Gasteiger partial charge in [-0.05, 0) is 30.2 Å². The zero-order valence-electron chi connectivity index (χ0n) is 7.47. The zero-order chi connectivity index (χ0) is 10.7. The monoisotopic (exact) mass is 234 g/mol. The SMILES string of the molecule is CCc1cc(S(=O)O)cc(S(=O)O)c1. The summed E-state index contributed by atoms with van der Waals surface area (Å²) >= 11 is -4.23. The summed E-state index contributed by atoms with van der Waals surface area (Å²) in [5, 5.41) is 0. The molecule has 0 amide bonds. The first-order valence-corrected chi connectivity index (χ1v) is 6.11. The van der Waals surface area contributed by atoms with E-state index in [1.807, 2.05) is 6.92 Å². The molecule has 4 nitrogen and oxygen atoms in total. The van der Waals surface area contributed by atoms with Crippen molar-refractivity contribution in [3.63, 3.8) is 0 Å². The van der Waals surface area contributed by atoms with E-state index in [-0.39, 0.29) is 9.79 Å². The van der Waals surface area contributed by atoms with E-state index in [9.17, 15) is 8.42 Å². The number of hydrogen-bond donors (Lipinski definition) is 2. The molecule has 0 bridgehead atoms. The zero-order valence-corrected chi connectivity index (χ0v) is 9.10. The molecule has 2 unspecified atom stereocenters. The standard InChI is InChI=1S/C8H10O4S2/c1-2-6-3-7(13(9)10)5-8(4-6)14(11)12/h3-5H,2H2,1H3,(H,9,10)(H,11,12). The maximum absolute atomic E-state index is 10.8. The van der Waals surface area contributed by atoms with E-state index in [2.05, 4.69) is 0 Å². The smallest absolute Gasteiger partial charge is 0.186 e. The topological polar surface area (TPSA) is 74.6 Å². The molecule has 2 atom stereocenters. The summed E-state index contributed by atoms with van der Waals surface area (Å²) in [6.07, 6.45) is 0.648. The summed E-state index contributed by atoms with van der Waals surface area (Å²) in [4.78, 5) is 0.309. The van der Waals surface area contributed by atoms with Crippen LogP contribution in [0.4, 0.5) is 0 Å². The van der Waals surface area contributed by atoms with Crippen molar-refractivity contribution in [1.29, 1.82) is 0 Å². The largest absolute Gasteiger partial charge is 0.302 e. The Morgan fingerprint density at radius 2 is 1.50 bits per heavy atom. The molecule has 0 aliphatic rings. The predicted molar refractivity (Wildman–Crippen MR) is 53.9 cm³/mol. The highest BCUT2D eigenvalue weighted by atomic mass is 32.2. The van der Waals surface area contributed by atoms with Crippen LogP contribution in [-0.2, 0) is 28.6 Å². The van der Waals surface area contributed by atoms with Gasteiger partial charge in [0.15, 0.2) is 22.2 Å². The van der Waals surface area contributed by atoms with Crippen molar-refractivity contribution in [2.75, 3.05) is 0 Å². The van der Waals surface area contributed by atoms with Crippen LogP contribution in [0.2, 0.25) is 0 Å². The molecule has 0 saturated carbocycles. The summed E-state index contributed by atoms with van der Waals surface area (Å²) in [7, 11) is 0. The van der Waals surface area contributed by atoms with Crippen LogP contribution in [0.5, 0.6) is 0 Å². The average molecular weight is 234 g/mol. The van der Waals surface area contributed by atoms with E-state index >= 15 is 0 Å². The first-order valence-electron chi connectivity index (χ1n) is 3.90.